The van der Waals surface area contributed by atoms with E-state index in [2.05, 4.69) is 26.0 Å². The second kappa shape index (κ2) is 8.01. The molecular formula is C16H13BrF3NO2. The van der Waals surface area contributed by atoms with Gasteiger partial charge in [-0.25, -0.2) is 4.39 Å². The van der Waals surface area contributed by atoms with Crippen LogP contribution >= 0.6 is 15.9 Å². The SMILES string of the molecule is O=C(CCc1ccc(OC(F)F)cc1)Nc1ccc(F)cc1Br. The topological polar surface area (TPSA) is 38.3 Å². The van der Waals surface area contributed by atoms with Gasteiger partial charge in [0.05, 0.1) is 5.69 Å². The average Bonchev–Trinajstić information content (AvgIpc) is 2.49. The Bertz CT molecular complexity index is 678. The number of amides is 1. The van der Waals surface area contributed by atoms with Crippen molar-refractivity contribution in [3.05, 3.63) is 58.3 Å². The van der Waals surface area contributed by atoms with E-state index in [0.717, 1.165) is 5.56 Å². The van der Waals surface area contributed by atoms with E-state index >= 15 is 0 Å². The summed E-state index contributed by atoms with van der Waals surface area (Å²) in [4.78, 5) is 11.9. The first-order valence-corrected chi connectivity index (χ1v) is 7.52. The third kappa shape index (κ3) is 5.59. The number of carbonyl (C=O) groups is 1. The zero-order chi connectivity index (χ0) is 16.8. The quantitative estimate of drug-likeness (QED) is 0.775. The van der Waals surface area contributed by atoms with Crippen LogP contribution in [-0.4, -0.2) is 12.5 Å². The molecule has 0 aliphatic heterocycles. The molecule has 0 aromatic heterocycles. The van der Waals surface area contributed by atoms with E-state index in [4.69, 9.17) is 0 Å². The minimum absolute atomic E-state index is 0.0726. The fourth-order valence-corrected chi connectivity index (χ4v) is 2.35. The van der Waals surface area contributed by atoms with Crippen molar-refractivity contribution >= 4 is 27.5 Å². The number of hydrogen-bond donors (Lipinski definition) is 1. The standard InChI is InChI=1S/C16H13BrF3NO2/c17-13-9-11(18)4-7-14(13)21-15(22)8-3-10-1-5-12(6-2-10)23-16(19)20/h1-2,4-7,9,16H,3,8H2,(H,21,22). The van der Waals surface area contributed by atoms with Gasteiger partial charge < -0.3 is 10.1 Å². The largest absolute Gasteiger partial charge is 0.435 e. The second-order valence-corrected chi connectivity index (χ2v) is 5.55. The molecule has 0 saturated carbocycles. The van der Waals surface area contributed by atoms with Crippen molar-refractivity contribution < 1.29 is 22.7 Å². The molecule has 7 heteroatoms. The van der Waals surface area contributed by atoms with Gasteiger partial charge in [0.15, 0.2) is 0 Å². The Morgan fingerprint density at radius 3 is 2.48 bits per heavy atom. The van der Waals surface area contributed by atoms with Crippen molar-refractivity contribution in [2.24, 2.45) is 0 Å². The molecule has 2 aromatic carbocycles. The van der Waals surface area contributed by atoms with Crippen LogP contribution in [0.1, 0.15) is 12.0 Å². The summed E-state index contributed by atoms with van der Waals surface area (Å²) in [6.07, 6.45) is 0.651. The number of halogens is 4. The predicted molar refractivity (Wildman–Crippen MR) is 84.1 cm³/mol. The Morgan fingerprint density at radius 1 is 1.17 bits per heavy atom. The smallest absolute Gasteiger partial charge is 0.387 e. The zero-order valence-electron chi connectivity index (χ0n) is 11.9. The Hall–Kier alpha value is -2.02. The highest BCUT2D eigenvalue weighted by Crippen LogP contribution is 2.23. The fourth-order valence-electron chi connectivity index (χ4n) is 1.90. The Balaban J connectivity index is 1.86. The average molecular weight is 388 g/mol. The molecule has 0 aliphatic carbocycles. The van der Waals surface area contributed by atoms with Crippen molar-refractivity contribution in [1.82, 2.24) is 0 Å². The van der Waals surface area contributed by atoms with Gasteiger partial charge in [-0.2, -0.15) is 8.78 Å². The number of benzene rings is 2. The second-order valence-electron chi connectivity index (χ2n) is 4.69. The molecule has 0 unspecified atom stereocenters. The zero-order valence-corrected chi connectivity index (χ0v) is 13.4. The lowest BCUT2D eigenvalue weighted by molar-refractivity contribution is -0.116. The van der Waals surface area contributed by atoms with Gasteiger partial charge in [-0.05, 0) is 58.2 Å². The van der Waals surface area contributed by atoms with E-state index in [-0.39, 0.29) is 18.1 Å². The van der Waals surface area contributed by atoms with E-state index in [0.29, 0.717) is 16.6 Å². The molecule has 3 nitrogen and oxygen atoms in total. The summed E-state index contributed by atoms with van der Waals surface area (Å²) in [6.45, 7) is -2.86. The highest BCUT2D eigenvalue weighted by Gasteiger charge is 2.08. The summed E-state index contributed by atoms with van der Waals surface area (Å²) in [5.74, 6) is -0.561. The summed E-state index contributed by atoms with van der Waals surface area (Å²) in [5, 5.41) is 2.67. The number of ether oxygens (including phenoxy) is 1. The van der Waals surface area contributed by atoms with E-state index in [1.54, 1.807) is 12.1 Å². The lowest BCUT2D eigenvalue weighted by Crippen LogP contribution is -2.12. The number of rotatable bonds is 6. The van der Waals surface area contributed by atoms with Gasteiger partial charge in [0.2, 0.25) is 5.91 Å². The molecule has 0 bridgehead atoms. The molecule has 0 heterocycles. The molecule has 2 aromatic rings. The van der Waals surface area contributed by atoms with Crippen LogP contribution in [0.5, 0.6) is 5.75 Å². The Morgan fingerprint density at radius 2 is 1.87 bits per heavy atom. The number of nitrogens with one attached hydrogen (secondary N) is 1. The van der Waals surface area contributed by atoms with Gasteiger partial charge in [0.1, 0.15) is 11.6 Å². The minimum Gasteiger partial charge on any atom is -0.435 e. The first-order valence-electron chi connectivity index (χ1n) is 6.72. The molecule has 2 rings (SSSR count). The minimum atomic E-state index is -2.86. The lowest BCUT2D eigenvalue weighted by Gasteiger charge is -2.08. The monoisotopic (exact) mass is 387 g/mol. The van der Waals surface area contributed by atoms with Crippen LogP contribution in [0.4, 0.5) is 18.9 Å². The molecule has 0 saturated heterocycles. The van der Waals surface area contributed by atoms with Crippen LogP contribution in [0, 0.1) is 5.82 Å². The van der Waals surface area contributed by atoms with E-state index in [9.17, 15) is 18.0 Å². The van der Waals surface area contributed by atoms with Crippen LogP contribution in [0.25, 0.3) is 0 Å². The highest BCUT2D eigenvalue weighted by molar-refractivity contribution is 9.10. The van der Waals surface area contributed by atoms with Crippen LogP contribution in [0.15, 0.2) is 46.9 Å². The third-order valence-corrected chi connectivity index (χ3v) is 3.65. The fraction of sp³-hybridized carbons (Fsp3) is 0.188. The molecule has 0 radical (unpaired) electrons. The first kappa shape index (κ1) is 17.3. The van der Waals surface area contributed by atoms with Gasteiger partial charge in [0.25, 0.3) is 0 Å². The van der Waals surface area contributed by atoms with Gasteiger partial charge >= 0.3 is 6.61 Å². The van der Waals surface area contributed by atoms with Crippen molar-refractivity contribution in [2.75, 3.05) is 5.32 Å². The summed E-state index contributed by atoms with van der Waals surface area (Å²) in [5.41, 5.74) is 1.30. The van der Waals surface area contributed by atoms with Crippen LogP contribution in [0.3, 0.4) is 0 Å². The molecule has 1 amide bonds. The summed E-state index contributed by atoms with van der Waals surface area (Å²) < 4.78 is 41.7. The maximum Gasteiger partial charge on any atom is 0.387 e. The van der Waals surface area contributed by atoms with Crippen LogP contribution in [0.2, 0.25) is 0 Å². The normalized spacial score (nSPS) is 10.7. The van der Waals surface area contributed by atoms with Crippen LogP contribution < -0.4 is 10.1 Å². The van der Waals surface area contributed by atoms with Gasteiger partial charge in [-0.15, -0.1) is 0 Å². The number of hydrogen-bond acceptors (Lipinski definition) is 2. The number of carbonyl (C=O) groups excluding carboxylic acids is 1. The van der Waals surface area contributed by atoms with Crippen molar-refractivity contribution in [3.8, 4) is 5.75 Å². The van der Waals surface area contributed by atoms with E-state index < -0.39 is 12.4 Å². The molecule has 0 spiro atoms. The molecule has 1 N–H and O–H groups in total. The maximum atomic E-state index is 13.0. The van der Waals surface area contributed by atoms with Gasteiger partial charge in [0, 0.05) is 10.9 Å². The number of aryl methyl sites for hydroxylation is 1. The molecule has 0 atom stereocenters. The number of alkyl halides is 2. The van der Waals surface area contributed by atoms with Crippen molar-refractivity contribution in [1.29, 1.82) is 0 Å². The van der Waals surface area contributed by atoms with Crippen molar-refractivity contribution in [2.45, 2.75) is 19.5 Å². The Kier molecular flexibility index (Phi) is 6.04. The Labute approximate surface area is 139 Å². The number of anilines is 1. The van der Waals surface area contributed by atoms with Gasteiger partial charge in [-0.3, -0.25) is 4.79 Å². The summed E-state index contributed by atoms with van der Waals surface area (Å²) in [7, 11) is 0. The molecule has 0 aliphatic rings. The lowest BCUT2D eigenvalue weighted by atomic mass is 10.1. The van der Waals surface area contributed by atoms with E-state index in [1.165, 1.54) is 30.3 Å². The maximum absolute atomic E-state index is 13.0. The molecule has 0 fully saturated rings. The summed E-state index contributed by atoms with van der Waals surface area (Å²) in [6, 6.07) is 10.1. The molecular weight excluding hydrogens is 375 g/mol. The van der Waals surface area contributed by atoms with Gasteiger partial charge in [-0.1, -0.05) is 12.1 Å². The highest BCUT2D eigenvalue weighted by atomic mass is 79.9. The summed E-state index contributed by atoms with van der Waals surface area (Å²) >= 11 is 3.17. The van der Waals surface area contributed by atoms with Crippen LogP contribution in [-0.2, 0) is 11.2 Å². The van der Waals surface area contributed by atoms with Crippen molar-refractivity contribution in [3.63, 3.8) is 0 Å². The van der Waals surface area contributed by atoms with E-state index in [1.807, 2.05) is 0 Å². The molecule has 122 valence electrons. The third-order valence-electron chi connectivity index (χ3n) is 2.99. The molecule has 23 heavy (non-hydrogen) atoms. The first-order chi connectivity index (χ1) is 10.9. The predicted octanol–water partition coefficient (Wildman–Crippen LogP) is 4.76.